The maximum atomic E-state index is 12.6. The molecule has 0 aliphatic carbocycles. The molecule has 6 nitrogen and oxygen atoms in total. The summed E-state index contributed by atoms with van der Waals surface area (Å²) < 4.78 is 16.3. The van der Waals surface area contributed by atoms with Crippen LogP contribution in [0.15, 0.2) is 65.6 Å². The average Bonchev–Trinajstić information content (AvgIpc) is 2.74. The van der Waals surface area contributed by atoms with Crippen molar-refractivity contribution in [3.8, 4) is 0 Å². The number of rotatable bonds is 5. The summed E-state index contributed by atoms with van der Waals surface area (Å²) in [6.07, 6.45) is -3.06. The van der Waals surface area contributed by atoms with E-state index in [4.69, 9.17) is 14.2 Å². The Kier molecular flexibility index (Phi) is 6.72. The average molecular weight is 402 g/mol. The Bertz CT molecular complexity index is 797. The molecular weight excluding hydrogens is 380 g/mol. The van der Waals surface area contributed by atoms with E-state index in [9.17, 15) is 14.7 Å². The second kappa shape index (κ2) is 9.23. The third-order valence-corrected chi connectivity index (χ3v) is 5.75. The summed E-state index contributed by atoms with van der Waals surface area (Å²) in [5.74, 6) is -1.71. The molecule has 1 aliphatic rings. The highest BCUT2D eigenvalue weighted by Crippen LogP contribution is 2.38. The van der Waals surface area contributed by atoms with Crippen LogP contribution < -0.4 is 0 Å². The van der Waals surface area contributed by atoms with Crippen molar-refractivity contribution < 1.29 is 28.9 Å². The lowest BCUT2D eigenvalue weighted by molar-refractivity contribution is -0.194. The minimum Gasteiger partial charge on any atom is -0.467 e. The second-order valence-electron chi connectivity index (χ2n) is 6.46. The second-order valence-corrected chi connectivity index (χ2v) is 7.64. The molecule has 7 heteroatoms. The van der Waals surface area contributed by atoms with Crippen LogP contribution in [0.4, 0.5) is 0 Å². The normalized spacial score (nSPS) is 27.0. The standard InChI is InChI=1S/C21H22O6S/c1-13-16(22)18(20(24)25-2)27-21(28-15-11-7-4-8-12-15)17(13)26-19(23)14-9-5-3-6-10-14/h3-13,16-18,21-22H,1-2H3/t13-,16-,17?,18?,21?/m0/s1. The van der Waals surface area contributed by atoms with E-state index in [1.54, 1.807) is 31.2 Å². The summed E-state index contributed by atoms with van der Waals surface area (Å²) in [6, 6.07) is 18.1. The molecule has 2 aromatic rings. The molecule has 0 saturated carbocycles. The van der Waals surface area contributed by atoms with Crippen LogP contribution in [-0.2, 0) is 19.0 Å². The lowest BCUT2D eigenvalue weighted by Gasteiger charge is -2.41. The van der Waals surface area contributed by atoms with Crippen molar-refractivity contribution in [2.45, 2.75) is 35.6 Å². The summed E-state index contributed by atoms with van der Waals surface area (Å²) in [5.41, 5.74) is -0.277. The Hall–Kier alpha value is -2.35. The van der Waals surface area contributed by atoms with Crippen LogP contribution in [0.3, 0.4) is 0 Å². The molecule has 0 spiro atoms. The minimum atomic E-state index is -1.16. The van der Waals surface area contributed by atoms with Gasteiger partial charge >= 0.3 is 11.9 Å². The molecule has 148 valence electrons. The molecule has 1 fully saturated rings. The molecule has 1 aliphatic heterocycles. The predicted octanol–water partition coefficient (Wildman–Crippen LogP) is 2.90. The Morgan fingerprint density at radius 1 is 1.04 bits per heavy atom. The smallest absolute Gasteiger partial charge is 0.338 e. The maximum absolute atomic E-state index is 12.6. The molecule has 3 rings (SSSR count). The number of benzene rings is 2. The Morgan fingerprint density at radius 2 is 1.64 bits per heavy atom. The number of ether oxygens (including phenoxy) is 3. The lowest BCUT2D eigenvalue weighted by Crippen LogP contribution is -2.56. The highest BCUT2D eigenvalue weighted by Gasteiger charge is 2.48. The van der Waals surface area contributed by atoms with Crippen molar-refractivity contribution in [1.82, 2.24) is 0 Å². The Balaban J connectivity index is 1.85. The van der Waals surface area contributed by atoms with Gasteiger partial charge in [-0.25, -0.2) is 9.59 Å². The number of esters is 2. The van der Waals surface area contributed by atoms with E-state index in [0.29, 0.717) is 5.56 Å². The van der Waals surface area contributed by atoms with E-state index >= 15 is 0 Å². The molecule has 5 atom stereocenters. The molecule has 3 unspecified atom stereocenters. The van der Waals surface area contributed by atoms with Crippen LogP contribution >= 0.6 is 11.8 Å². The summed E-state index contributed by atoms with van der Waals surface area (Å²) in [4.78, 5) is 25.5. The lowest BCUT2D eigenvalue weighted by atomic mass is 9.91. The van der Waals surface area contributed by atoms with E-state index in [2.05, 4.69) is 0 Å². The largest absolute Gasteiger partial charge is 0.467 e. The van der Waals surface area contributed by atoms with Crippen molar-refractivity contribution in [1.29, 1.82) is 0 Å². The number of methoxy groups -OCH3 is 1. The van der Waals surface area contributed by atoms with Gasteiger partial charge in [-0.1, -0.05) is 55.1 Å². The van der Waals surface area contributed by atoms with Gasteiger partial charge in [-0.2, -0.15) is 0 Å². The van der Waals surface area contributed by atoms with Crippen LogP contribution in [-0.4, -0.2) is 47.9 Å². The summed E-state index contributed by atoms with van der Waals surface area (Å²) >= 11 is 1.33. The highest BCUT2D eigenvalue weighted by molar-refractivity contribution is 7.99. The van der Waals surface area contributed by atoms with Crippen molar-refractivity contribution in [2.75, 3.05) is 7.11 Å². The first-order valence-electron chi connectivity index (χ1n) is 8.90. The zero-order valence-corrected chi connectivity index (χ0v) is 16.4. The van der Waals surface area contributed by atoms with Crippen LogP contribution in [0.25, 0.3) is 0 Å². The number of hydrogen-bond acceptors (Lipinski definition) is 7. The maximum Gasteiger partial charge on any atom is 0.338 e. The van der Waals surface area contributed by atoms with Crippen molar-refractivity contribution >= 4 is 23.7 Å². The number of carbonyl (C=O) groups is 2. The van der Waals surface area contributed by atoms with Gasteiger partial charge in [0.15, 0.2) is 6.10 Å². The van der Waals surface area contributed by atoms with Gasteiger partial charge in [0.1, 0.15) is 11.5 Å². The predicted molar refractivity (Wildman–Crippen MR) is 104 cm³/mol. The first-order chi connectivity index (χ1) is 13.5. The monoisotopic (exact) mass is 402 g/mol. The molecule has 1 N–H and O–H groups in total. The van der Waals surface area contributed by atoms with Gasteiger partial charge < -0.3 is 19.3 Å². The van der Waals surface area contributed by atoms with Gasteiger partial charge in [-0.15, -0.1) is 0 Å². The Morgan fingerprint density at radius 3 is 2.25 bits per heavy atom. The van der Waals surface area contributed by atoms with Crippen LogP contribution in [0.1, 0.15) is 17.3 Å². The molecule has 0 aromatic heterocycles. The molecule has 1 heterocycles. The van der Waals surface area contributed by atoms with Gasteiger partial charge in [-0.3, -0.25) is 0 Å². The zero-order chi connectivity index (χ0) is 20.1. The number of aliphatic hydroxyl groups is 1. The van der Waals surface area contributed by atoms with Gasteiger partial charge in [0.2, 0.25) is 0 Å². The molecule has 0 amide bonds. The Labute approximate surface area is 167 Å². The van der Waals surface area contributed by atoms with E-state index in [1.807, 2.05) is 36.4 Å². The molecule has 0 radical (unpaired) electrons. The van der Waals surface area contributed by atoms with E-state index in [-0.39, 0.29) is 0 Å². The van der Waals surface area contributed by atoms with E-state index < -0.39 is 41.6 Å². The van der Waals surface area contributed by atoms with Crippen molar-refractivity contribution in [3.63, 3.8) is 0 Å². The van der Waals surface area contributed by atoms with Gasteiger partial charge in [0, 0.05) is 10.8 Å². The number of hydrogen-bond donors (Lipinski definition) is 1. The fourth-order valence-corrected chi connectivity index (χ4v) is 4.18. The topological polar surface area (TPSA) is 82.1 Å². The summed E-state index contributed by atoms with van der Waals surface area (Å²) in [5, 5.41) is 10.6. The van der Waals surface area contributed by atoms with Crippen molar-refractivity contribution in [2.24, 2.45) is 5.92 Å². The number of aliphatic hydroxyl groups excluding tert-OH is 1. The minimum absolute atomic E-state index is 0.405. The van der Waals surface area contributed by atoms with Gasteiger partial charge in [0.25, 0.3) is 0 Å². The number of carbonyl (C=O) groups excluding carboxylic acids is 2. The van der Waals surface area contributed by atoms with Crippen LogP contribution in [0, 0.1) is 5.92 Å². The fraction of sp³-hybridized carbons (Fsp3) is 0.333. The quantitative estimate of drug-likeness (QED) is 0.770. The molecule has 1 saturated heterocycles. The van der Waals surface area contributed by atoms with Crippen LogP contribution in [0.5, 0.6) is 0 Å². The van der Waals surface area contributed by atoms with Gasteiger partial charge in [-0.05, 0) is 24.3 Å². The molecule has 28 heavy (non-hydrogen) atoms. The van der Waals surface area contributed by atoms with E-state index in [0.717, 1.165) is 4.90 Å². The van der Waals surface area contributed by atoms with Crippen molar-refractivity contribution in [3.05, 3.63) is 66.2 Å². The summed E-state index contributed by atoms with van der Waals surface area (Å²) in [7, 11) is 1.24. The first kappa shape index (κ1) is 20.4. The SMILES string of the molecule is COC(=O)C1OC(Sc2ccccc2)C(OC(=O)c2ccccc2)[C@@H](C)[C@@H]1O. The first-order valence-corrected chi connectivity index (χ1v) is 9.78. The third-order valence-electron chi connectivity index (χ3n) is 4.60. The van der Waals surface area contributed by atoms with Gasteiger partial charge in [0.05, 0.1) is 18.8 Å². The molecule has 2 aromatic carbocycles. The fourth-order valence-electron chi connectivity index (χ4n) is 2.99. The molecule has 0 bridgehead atoms. The summed E-state index contributed by atoms with van der Waals surface area (Å²) in [6.45, 7) is 1.73. The van der Waals surface area contributed by atoms with Crippen LogP contribution in [0.2, 0.25) is 0 Å². The zero-order valence-electron chi connectivity index (χ0n) is 15.6. The number of thioether (sulfide) groups is 1. The van der Waals surface area contributed by atoms with E-state index in [1.165, 1.54) is 18.9 Å². The molecular formula is C21H22O6S. The third kappa shape index (κ3) is 4.55. The highest BCUT2D eigenvalue weighted by atomic mass is 32.2.